The highest BCUT2D eigenvalue weighted by Crippen LogP contribution is 2.38. The van der Waals surface area contributed by atoms with E-state index in [2.05, 4.69) is 15.5 Å². The monoisotopic (exact) mass is 378 g/mol. The van der Waals surface area contributed by atoms with Crippen molar-refractivity contribution in [1.29, 1.82) is 0 Å². The van der Waals surface area contributed by atoms with Crippen LogP contribution in [0.15, 0.2) is 51.9 Å². The molecule has 0 spiro atoms. The van der Waals surface area contributed by atoms with Gasteiger partial charge in [-0.3, -0.25) is 9.59 Å². The summed E-state index contributed by atoms with van der Waals surface area (Å²) < 4.78 is 6.74. The van der Waals surface area contributed by atoms with Crippen LogP contribution in [0, 0.1) is 6.92 Å². The number of nitrogens with one attached hydrogen (secondary N) is 1. The van der Waals surface area contributed by atoms with Crippen molar-refractivity contribution in [2.75, 3.05) is 0 Å². The molecule has 1 aliphatic carbocycles. The summed E-state index contributed by atoms with van der Waals surface area (Å²) in [6.45, 7) is 2.38. The molecule has 28 heavy (non-hydrogen) atoms. The molecule has 1 amide bonds. The highest BCUT2D eigenvalue weighted by molar-refractivity contribution is 5.95. The van der Waals surface area contributed by atoms with E-state index in [-0.39, 0.29) is 17.7 Å². The number of aromatic nitrogens is 3. The molecule has 0 saturated heterocycles. The van der Waals surface area contributed by atoms with Crippen molar-refractivity contribution in [3.63, 3.8) is 0 Å². The van der Waals surface area contributed by atoms with Gasteiger partial charge in [0.15, 0.2) is 5.82 Å². The number of amides is 1. The molecule has 1 fully saturated rings. The summed E-state index contributed by atoms with van der Waals surface area (Å²) >= 11 is 0. The standard InChI is InChI=1S/C21H22N4O3/c1-14-9-11-25(12-10-15-5-3-2-4-6-15)21(27)18(14)20(26)22-13-17-23-19(24-28-17)16-7-8-16/h2-6,9,11,16H,7-8,10,12-13H2,1H3,(H,22,26). The summed E-state index contributed by atoms with van der Waals surface area (Å²) in [6.07, 6.45) is 4.61. The number of carbonyl (C=O) groups excluding carboxylic acids is 1. The number of hydrogen-bond acceptors (Lipinski definition) is 5. The van der Waals surface area contributed by atoms with Gasteiger partial charge in [0.25, 0.3) is 11.5 Å². The number of carbonyl (C=O) groups is 1. The molecule has 0 unspecified atom stereocenters. The third kappa shape index (κ3) is 4.03. The van der Waals surface area contributed by atoms with E-state index in [1.807, 2.05) is 30.3 Å². The summed E-state index contributed by atoms with van der Waals surface area (Å²) in [5.74, 6) is 1.01. The molecule has 1 saturated carbocycles. The molecule has 7 nitrogen and oxygen atoms in total. The number of pyridine rings is 1. The van der Waals surface area contributed by atoms with Crippen LogP contribution in [0.2, 0.25) is 0 Å². The highest BCUT2D eigenvalue weighted by Gasteiger charge is 2.28. The predicted octanol–water partition coefficient (Wildman–Crippen LogP) is 2.59. The van der Waals surface area contributed by atoms with Crippen LogP contribution in [0.25, 0.3) is 0 Å². The van der Waals surface area contributed by atoms with Gasteiger partial charge in [0.2, 0.25) is 5.89 Å². The van der Waals surface area contributed by atoms with Gasteiger partial charge >= 0.3 is 0 Å². The van der Waals surface area contributed by atoms with Crippen LogP contribution in [0.4, 0.5) is 0 Å². The zero-order valence-corrected chi connectivity index (χ0v) is 15.7. The lowest BCUT2D eigenvalue weighted by atomic mass is 10.1. The number of hydrogen-bond donors (Lipinski definition) is 1. The van der Waals surface area contributed by atoms with Gasteiger partial charge in [-0.2, -0.15) is 4.98 Å². The van der Waals surface area contributed by atoms with Crippen LogP contribution in [-0.2, 0) is 19.5 Å². The van der Waals surface area contributed by atoms with Crippen LogP contribution in [0.3, 0.4) is 0 Å². The molecule has 2 heterocycles. The first-order valence-corrected chi connectivity index (χ1v) is 9.46. The van der Waals surface area contributed by atoms with Crippen molar-refractivity contribution in [2.24, 2.45) is 0 Å². The Morgan fingerprint density at radius 2 is 2.04 bits per heavy atom. The zero-order valence-electron chi connectivity index (χ0n) is 15.7. The lowest BCUT2D eigenvalue weighted by Gasteiger charge is -2.11. The van der Waals surface area contributed by atoms with E-state index in [0.717, 1.165) is 24.8 Å². The van der Waals surface area contributed by atoms with Gasteiger partial charge < -0.3 is 14.4 Å². The Kier molecular flexibility index (Phi) is 5.06. The highest BCUT2D eigenvalue weighted by atomic mass is 16.5. The summed E-state index contributed by atoms with van der Waals surface area (Å²) in [4.78, 5) is 29.7. The maximum atomic E-state index is 12.8. The fraction of sp³-hybridized carbons (Fsp3) is 0.333. The zero-order chi connectivity index (χ0) is 19.5. The number of nitrogens with zero attached hydrogens (tertiary/aromatic N) is 3. The molecule has 0 aliphatic heterocycles. The molecule has 0 radical (unpaired) electrons. The van der Waals surface area contributed by atoms with Crippen molar-refractivity contribution in [3.05, 3.63) is 81.4 Å². The van der Waals surface area contributed by atoms with Crippen molar-refractivity contribution < 1.29 is 9.32 Å². The van der Waals surface area contributed by atoms with Gasteiger partial charge in [0, 0.05) is 18.7 Å². The number of benzene rings is 1. The van der Waals surface area contributed by atoms with E-state index in [1.54, 1.807) is 23.8 Å². The Balaban J connectivity index is 1.44. The second-order valence-corrected chi connectivity index (χ2v) is 7.11. The van der Waals surface area contributed by atoms with Crippen molar-refractivity contribution in [3.8, 4) is 0 Å². The Labute approximate surface area is 162 Å². The van der Waals surface area contributed by atoms with E-state index in [9.17, 15) is 9.59 Å². The maximum Gasteiger partial charge on any atom is 0.263 e. The Hall–Kier alpha value is -3.22. The van der Waals surface area contributed by atoms with Gasteiger partial charge in [-0.25, -0.2) is 0 Å². The van der Waals surface area contributed by atoms with Gasteiger partial charge in [-0.05, 0) is 43.4 Å². The summed E-state index contributed by atoms with van der Waals surface area (Å²) in [5.41, 5.74) is 1.64. The molecule has 1 aromatic carbocycles. The minimum Gasteiger partial charge on any atom is -0.343 e. The molecular weight excluding hydrogens is 356 g/mol. The second-order valence-electron chi connectivity index (χ2n) is 7.11. The Bertz CT molecular complexity index is 1040. The molecule has 1 N–H and O–H groups in total. The second kappa shape index (κ2) is 7.80. The average molecular weight is 378 g/mol. The van der Waals surface area contributed by atoms with E-state index in [4.69, 9.17) is 4.52 Å². The smallest absolute Gasteiger partial charge is 0.263 e. The molecule has 4 rings (SSSR count). The van der Waals surface area contributed by atoms with Crippen LogP contribution >= 0.6 is 0 Å². The van der Waals surface area contributed by atoms with Gasteiger partial charge in [-0.15, -0.1) is 0 Å². The van der Waals surface area contributed by atoms with Crippen LogP contribution in [0.1, 0.15) is 52.0 Å². The van der Waals surface area contributed by atoms with Crippen LogP contribution < -0.4 is 10.9 Å². The third-order valence-corrected chi connectivity index (χ3v) is 4.91. The minimum atomic E-state index is -0.428. The molecule has 7 heteroatoms. The molecule has 144 valence electrons. The number of aryl methyl sites for hydroxylation is 3. The quantitative estimate of drug-likeness (QED) is 0.682. The van der Waals surface area contributed by atoms with E-state index < -0.39 is 5.91 Å². The SMILES string of the molecule is Cc1ccn(CCc2ccccc2)c(=O)c1C(=O)NCc1nc(C2CC2)no1. The third-order valence-electron chi connectivity index (χ3n) is 4.91. The first-order chi connectivity index (χ1) is 13.6. The number of rotatable bonds is 7. The molecule has 0 atom stereocenters. The average Bonchev–Trinajstić information content (AvgIpc) is 3.45. The molecule has 3 aromatic rings. The normalized spacial score (nSPS) is 13.5. The van der Waals surface area contributed by atoms with E-state index >= 15 is 0 Å². The Morgan fingerprint density at radius 3 is 2.79 bits per heavy atom. The summed E-state index contributed by atoms with van der Waals surface area (Å²) in [7, 11) is 0. The van der Waals surface area contributed by atoms with E-state index in [1.165, 1.54) is 0 Å². The van der Waals surface area contributed by atoms with Gasteiger partial charge in [0.05, 0.1) is 6.54 Å². The molecule has 0 bridgehead atoms. The lowest BCUT2D eigenvalue weighted by molar-refractivity contribution is 0.0943. The van der Waals surface area contributed by atoms with Crippen molar-refractivity contribution in [2.45, 2.75) is 45.2 Å². The minimum absolute atomic E-state index is 0.107. The molecular formula is C21H22N4O3. The first-order valence-electron chi connectivity index (χ1n) is 9.46. The van der Waals surface area contributed by atoms with E-state index in [0.29, 0.717) is 29.7 Å². The van der Waals surface area contributed by atoms with Crippen molar-refractivity contribution in [1.82, 2.24) is 20.0 Å². The molecule has 2 aromatic heterocycles. The topological polar surface area (TPSA) is 90.0 Å². The first kappa shape index (κ1) is 18.2. The summed E-state index contributed by atoms with van der Waals surface area (Å²) in [5, 5.41) is 6.65. The largest absolute Gasteiger partial charge is 0.343 e. The lowest BCUT2D eigenvalue weighted by Crippen LogP contribution is -2.34. The van der Waals surface area contributed by atoms with Crippen LogP contribution in [0.5, 0.6) is 0 Å². The molecule has 1 aliphatic rings. The maximum absolute atomic E-state index is 12.8. The van der Waals surface area contributed by atoms with Gasteiger partial charge in [-0.1, -0.05) is 35.5 Å². The fourth-order valence-corrected chi connectivity index (χ4v) is 3.10. The summed E-state index contributed by atoms with van der Waals surface area (Å²) in [6, 6.07) is 11.7. The van der Waals surface area contributed by atoms with Crippen LogP contribution in [-0.4, -0.2) is 20.6 Å². The van der Waals surface area contributed by atoms with Gasteiger partial charge in [0.1, 0.15) is 5.56 Å². The fourth-order valence-electron chi connectivity index (χ4n) is 3.10. The Morgan fingerprint density at radius 1 is 1.25 bits per heavy atom. The van der Waals surface area contributed by atoms with Crippen molar-refractivity contribution >= 4 is 5.91 Å². The predicted molar refractivity (Wildman–Crippen MR) is 103 cm³/mol.